The number of amides is 2. The van der Waals surface area contributed by atoms with Crippen molar-refractivity contribution in [2.45, 2.75) is 13.3 Å². The van der Waals surface area contributed by atoms with Gasteiger partial charge in [-0.15, -0.1) is 0 Å². The van der Waals surface area contributed by atoms with Gasteiger partial charge in [0.25, 0.3) is 0 Å². The zero-order chi connectivity index (χ0) is 14.0. The van der Waals surface area contributed by atoms with E-state index in [0.29, 0.717) is 10.7 Å². The lowest BCUT2D eigenvalue weighted by Gasteiger charge is -2.18. The standard InChI is InChI=1S/C16H14ClNO2/c1-8-6-11(4-5-12(8)17)18-15(19)13-9-2-3-10(7-9)14(13)16(18)20/h2-6,9-10,13-14H,7H2,1H3/t9-,10+,13-,14+. The van der Waals surface area contributed by atoms with E-state index >= 15 is 0 Å². The molecule has 1 aromatic rings. The second-order valence-corrected chi connectivity index (χ2v) is 6.35. The van der Waals surface area contributed by atoms with E-state index in [1.807, 2.05) is 13.0 Å². The van der Waals surface area contributed by atoms with Crippen LogP contribution in [-0.2, 0) is 9.59 Å². The maximum Gasteiger partial charge on any atom is 0.238 e. The summed E-state index contributed by atoms with van der Waals surface area (Å²) in [5.74, 6) is 0.124. The van der Waals surface area contributed by atoms with Crippen LogP contribution in [0.15, 0.2) is 30.4 Å². The topological polar surface area (TPSA) is 37.4 Å². The third-order valence-electron chi connectivity index (χ3n) is 4.87. The van der Waals surface area contributed by atoms with Crippen LogP contribution in [0, 0.1) is 30.6 Å². The molecule has 1 aliphatic heterocycles. The summed E-state index contributed by atoms with van der Waals surface area (Å²) in [6, 6.07) is 5.31. The number of allylic oxidation sites excluding steroid dienone is 2. The SMILES string of the molecule is Cc1cc(N2C(=O)[C@@H]3[C@H](C2=O)[C@@H]2C=C[C@H]3C2)ccc1Cl. The first-order valence-corrected chi connectivity index (χ1v) is 7.28. The molecule has 3 aliphatic rings. The molecular weight excluding hydrogens is 274 g/mol. The molecule has 4 heteroatoms. The molecule has 0 spiro atoms. The van der Waals surface area contributed by atoms with Gasteiger partial charge in [-0.25, -0.2) is 0 Å². The van der Waals surface area contributed by atoms with E-state index < -0.39 is 0 Å². The summed E-state index contributed by atoms with van der Waals surface area (Å²) >= 11 is 6.01. The van der Waals surface area contributed by atoms with Crippen LogP contribution >= 0.6 is 11.6 Å². The number of hydrogen-bond donors (Lipinski definition) is 0. The summed E-state index contributed by atoms with van der Waals surface area (Å²) in [4.78, 5) is 26.6. The minimum Gasteiger partial charge on any atom is -0.274 e. The molecular formula is C16H14ClNO2. The average Bonchev–Trinajstić information content (AvgIpc) is 3.08. The normalized spacial score (nSPS) is 34.2. The highest BCUT2D eigenvalue weighted by Crippen LogP contribution is 2.53. The lowest BCUT2D eigenvalue weighted by molar-refractivity contribution is -0.123. The predicted molar refractivity (Wildman–Crippen MR) is 76.4 cm³/mol. The fourth-order valence-corrected chi connectivity index (χ4v) is 4.04. The number of imide groups is 1. The monoisotopic (exact) mass is 287 g/mol. The summed E-state index contributed by atoms with van der Waals surface area (Å²) in [6.45, 7) is 1.88. The molecule has 2 fully saturated rings. The van der Waals surface area contributed by atoms with E-state index in [4.69, 9.17) is 11.6 Å². The number of hydrogen-bond acceptors (Lipinski definition) is 2. The van der Waals surface area contributed by atoms with Crippen molar-refractivity contribution in [1.29, 1.82) is 0 Å². The number of nitrogens with zero attached hydrogens (tertiary/aromatic N) is 1. The second kappa shape index (κ2) is 3.95. The molecule has 0 radical (unpaired) electrons. The van der Waals surface area contributed by atoms with Gasteiger partial charge < -0.3 is 0 Å². The van der Waals surface area contributed by atoms with E-state index in [1.165, 1.54) is 4.90 Å². The number of aryl methyl sites for hydroxylation is 1. The zero-order valence-electron chi connectivity index (χ0n) is 11.0. The van der Waals surface area contributed by atoms with E-state index in [0.717, 1.165) is 12.0 Å². The van der Waals surface area contributed by atoms with Crippen LogP contribution in [0.2, 0.25) is 5.02 Å². The van der Waals surface area contributed by atoms with Gasteiger partial charge in [-0.3, -0.25) is 14.5 Å². The average molecular weight is 288 g/mol. The molecule has 4 atom stereocenters. The Kier molecular flexibility index (Phi) is 2.40. The van der Waals surface area contributed by atoms with Crippen molar-refractivity contribution < 1.29 is 9.59 Å². The van der Waals surface area contributed by atoms with Crippen LogP contribution < -0.4 is 4.90 Å². The van der Waals surface area contributed by atoms with Gasteiger partial charge in [-0.1, -0.05) is 23.8 Å². The second-order valence-electron chi connectivity index (χ2n) is 5.95. The Bertz CT molecular complexity index is 636. The first-order chi connectivity index (χ1) is 9.58. The van der Waals surface area contributed by atoms with Crippen LogP contribution in [0.3, 0.4) is 0 Å². The van der Waals surface area contributed by atoms with Crippen LogP contribution in [0.4, 0.5) is 5.69 Å². The van der Waals surface area contributed by atoms with Crippen molar-refractivity contribution in [1.82, 2.24) is 0 Å². The van der Waals surface area contributed by atoms with E-state index in [2.05, 4.69) is 12.2 Å². The van der Waals surface area contributed by atoms with Gasteiger partial charge in [-0.2, -0.15) is 0 Å². The highest BCUT2D eigenvalue weighted by molar-refractivity contribution is 6.31. The van der Waals surface area contributed by atoms with E-state index in [9.17, 15) is 9.59 Å². The van der Waals surface area contributed by atoms with Gasteiger partial charge in [0.2, 0.25) is 11.8 Å². The van der Waals surface area contributed by atoms with Crippen molar-refractivity contribution in [3.63, 3.8) is 0 Å². The number of fused-ring (bicyclic) bond motifs is 5. The summed E-state index contributed by atoms with van der Waals surface area (Å²) in [5, 5.41) is 0.648. The molecule has 1 saturated heterocycles. The summed E-state index contributed by atoms with van der Waals surface area (Å²) in [6.07, 6.45) is 5.17. The number of rotatable bonds is 1. The Balaban J connectivity index is 1.76. The number of anilines is 1. The molecule has 102 valence electrons. The number of carbonyl (C=O) groups is 2. The first kappa shape index (κ1) is 12.2. The number of halogens is 1. The predicted octanol–water partition coefficient (Wildman–Crippen LogP) is 2.96. The molecule has 0 unspecified atom stereocenters. The van der Waals surface area contributed by atoms with Crippen molar-refractivity contribution in [3.8, 4) is 0 Å². The fraction of sp³-hybridized carbons (Fsp3) is 0.375. The quantitative estimate of drug-likeness (QED) is 0.588. The molecule has 20 heavy (non-hydrogen) atoms. The van der Waals surface area contributed by atoms with Crippen molar-refractivity contribution in [3.05, 3.63) is 40.9 Å². The highest BCUT2D eigenvalue weighted by atomic mass is 35.5. The van der Waals surface area contributed by atoms with Gasteiger partial charge in [0.05, 0.1) is 17.5 Å². The maximum atomic E-state index is 12.6. The maximum absolute atomic E-state index is 12.6. The Morgan fingerprint density at radius 1 is 1.10 bits per heavy atom. The minimum atomic E-state index is -0.145. The van der Waals surface area contributed by atoms with E-state index in [-0.39, 0.29) is 35.5 Å². The fourth-order valence-electron chi connectivity index (χ4n) is 3.92. The third-order valence-corrected chi connectivity index (χ3v) is 5.29. The highest BCUT2D eigenvalue weighted by Gasteiger charge is 2.59. The van der Waals surface area contributed by atoms with Gasteiger partial charge >= 0.3 is 0 Å². The smallest absolute Gasteiger partial charge is 0.238 e. The number of carbonyl (C=O) groups excluding carboxylic acids is 2. The molecule has 0 aromatic heterocycles. The Hall–Kier alpha value is -1.61. The lowest BCUT2D eigenvalue weighted by Crippen LogP contribution is -2.32. The largest absolute Gasteiger partial charge is 0.274 e. The Labute approximate surface area is 122 Å². The van der Waals surface area contributed by atoms with Gasteiger partial charge in [0, 0.05) is 5.02 Å². The van der Waals surface area contributed by atoms with Crippen LogP contribution in [0.5, 0.6) is 0 Å². The summed E-state index contributed by atoms with van der Waals surface area (Å²) < 4.78 is 0. The van der Waals surface area contributed by atoms with Crippen LogP contribution in [0.1, 0.15) is 12.0 Å². The molecule has 1 saturated carbocycles. The van der Waals surface area contributed by atoms with Crippen LogP contribution in [-0.4, -0.2) is 11.8 Å². The molecule has 3 nitrogen and oxygen atoms in total. The van der Waals surface area contributed by atoms with E-state index in [1.54, 1.807) is 12.1 Å². The first-order valence-electron chi connectivity index (χ1n) is 6.90. The van der Waals surface area contributed by atoms with Gasteiger partial charge in [0.15, 0.2) is 0 Å². The molecule has 1 aromatic carbocycles. The molecule has 2 aliphatic carbocycles. The van der Waals surface area contributed by atoms with Crippen molar-refractivity contribution >= 4 is 29.1 Å². The summed E-state index contributed by atoms with van der Waals surface area (Å²) in [5.41, 5.74) is 1.53. The Morgan fingerprint density at radius 3 is 2.25 bits per heavy atom. The van der Waals surface area contributed by atoms with Gasteiger partial charge in [0.1, 0.15) is 0 Å². The van der Waals surface area contributed by atoms with Crippen molar-refractivity contribution in [2.24, 2.45) is 23.7 Å². The minimum absolute atomic E-state index is 0.0430. The molecule has 1 heterocycles. The molecule has 0 N–H and O–H groups in total. The Morgan fingerprint density at radius 2 is 1.70 bits per heavy atom. The number of benzene rings is 1. The molecule has 4 rings (SSSR count). The van der Waals surface area contributed by atoms with Crippen molar-refractivity contribution in [2.75, 3.05) is 4.90 Å². The molecule has 2 amide bonds. The third kappa shape index (κ3) is 1.41. The molecule has 2 bridgehead atoms. The van der Waals surface area contributed by atoms with Gasteiger partial charge in [-0.05, 0) is 48.9 Å². The van der Waals surface area contributed by atoms with Crippen LogP contribution in [0.25, 0.3) is 0 Å². The summed E-state index contributed by atoms with van der Waals surface area (Å²) in [7, 11) is 0. The lowest BCUT2D eigenvalue weighted by atomic mass is 9.85. The zero-order valence-corrected chi connectivity index (χ0v) is 11.8.